The maximum absolute atomic E-state index is 9.47. The molecule has 1 aromatic heterocycles. The minimum Gasteiger partial charge on any atom is -0.378 e. The molecule has 15 heavy (non-hydrogen) atoms. The Morgan fingerprint density at radius 3 is 2.67 bits per heavy atom. The topological polar surface area (TPSA) is 36.0 Å². The number of benzene rings is 1. The van der Waals surface area contributed by atoms with E-state index in [1.807, 2.05) is 30.6 Å². The summed E-state index contributed by atoms with van der Waals surface area (Å²) in [5, 5.41) is 11.8. The van der Waals surface area contributed by atoms with Gasteiger partial charge in [-0.15, -0.1) is 0 Å². The molecule has 1 heterocycles. The summed E-state index contributed by atoms with van der Waals surface area (Å²) in [5.74, 6) is 5.74. The van der Waals surface area contributed by atoms with Crippen LogP contribution in [0.5, 0.6) is 0 Å². The molecule has 0 bridgehead atoms. The van der Waals surface area contributed by atoms with Crippen LogP contribution in [-0.4, -0.2) is 15.7 Å². The normalized spacial score (nSPS) is 11.1. The molecular weight excluding hydrogens is 186 g/mol. The lowest BCUT2D eigenvalue weighted by Gasteiger charge is -2.05. The van der Waals surface area contributed by atoms with E-state index < -0.39 is 5.60 Å². The number of hydrogen-bond acceptors (Lipinski definition) is 1. The van der Waals surface area contributed by atoms with Crippen molar-refractivity contribution in [2.24, 2.45) is 0 Å². The van der Waals surface area contributed by atoms with Crippen molar-refractivity contribution in [3.8, 4) is 11.8 Å². The van der Waals surface area contributed by atoms with E-state index in [-0.39, 0.29) is 0 Å². The van der Waals surface area contributed by atoms with Crippen LogP contribution in [0.1, 0.15) is 19.4 Å². The van der Waals surface area contributed by atoms with Crippen molar-refractivity contribution in [2.45, 2.75) is 19.4 Å². The highest BCUT2D eigenvalue weighted by Crippen LogP contribution is 2.14. The average molecular weight is 199 g/mol. The SMILES string of the molecule is CC(C)(O)C#Cc1ccc2c[nH]cc2c1. The maximum atomic E-state index is 9.47. The predicted octanol–water partition coefficient (Wildman–Crippen LogP) is 2.29. The summed E-state index contributed by atoms with van der Waals surface area (Å²) >= 11 is 0. The van der Waals surface area contributed by atoms with E-state index in [0.717, 1.165) is 10.9 Å². The minimum absolute atomic E-state index is 0.921. The molecule has 0 saturated carbocycles. The average Bonchev–Trinajstić information content (AvgIpc) is 2.60. The lowest BCUT2D eigenvalue weighted by Crippen LogP contribution is -2.14. The van der Waals surface area contributed by atoms with Gasteiger partial charge in [0.2, 0.25) is 0 Å². The lowest BCUT2D eigenvalue weighted by atomic mass is 10.1. The third-order valence-corrected chi connectivity index (χ3v) is 2.08. The highest BCUT2D eigenvalue weighted by molar-refractivity contribution is 5.83. The summed E-state index contributed by atoms with van der Waals surface area (Å²) < 4.78 is 0. The van der Waals surface area contributed by atoms with Gasteiger partial charge >= 0.3 is 0 Å². The van der Waals surface area contributed by atoms with Crippen molar-refractivity contribution in [1.82, 2.24) is 4.98 Å². The smallest absolute Gasteiger partial charge is 0.120 e. The molecule has 0 spiro atoms. The second-order valence-corrected chi connectivity index (χ2v) is 4.11. The molecule has 0 fully saturated rings. The van der Waals surface area contributed by atoms with Gasteiger partial charge in [0.15, 0.2) is 0 Å². The fourth-order valence-electron chi connectivity index (χ4n) is 1.36. The van der Waals surface area contributed by atoms with E-state index in [2.05, 4.69) is 16.8 Å². The van der Waals surface area contributed by atoms with E-state index in [4.69, 9.17) is 0 Å². The van der Waals surface area contributed by atoms with Gasteiger partial charge in [0, 0.05) is 23.3 Å². The number of fused-ring (bicyclic) bond motifs is 1. The standard InChI is InChI=1S/C13H13NO/c1-13(2,15)6-5-10-3-4-11-8-14-9-12(11)7-10/h3-4,7-9,14-15H,1-2H3. The third kappa shape index (κ3) is 2.39. The number of aliphatic hydroxyl groups is 1. The molecular formula is C13H13NO. The van der Waals surface area contributed by atoms with Crippen molar-refractivity contribution in [2.75, 3.05) is 0 Å². The number of nitrogens with one attached hydrogen (secondary N) is 1. The first-order valence-corrected chi connectivity index (χ1v) is 4.87. The Morgan fingerprint density at radius 2 is 1.93 bits per heavy atom. The molecule has 0 radical (unpaired) electrons. The molecule has 0 aliphatic heterocycles. The Morgan fingerprint density at radius 1 is 1.20 bits per heavy atom. The fourth-order valence-corrected chi connectivity index (χ4v) is 1.36. The Balaban J connectivity index is 2.39. The van der Waals surface area contributed by atoms with Crippen LogP contribution in [0.3, 0.4) is 0 Å². The van der Waals surface area contributed by atoms with Crippen LogP contribution in [0.15, 0.2) is 30.6 Å². The van der Waals surface area contributed by atoms with E-state index in [1.54, 1.807) is 13.8 Å². The maximum Gasteiger partial charge on any atom is 0.120 e. The fraction of sp³-hybridized carbons (Fsp3) is 0.231. The minimum atomic E-state index is -0.937. The van der Waals surface area contributed by atoms with Crippen LogP contribution >= 0.6 is 0 Å². The van der Waals surface area contributed by atoms with Crippen LogP contribution in [0.2, 0.25) is 0 Å². The second-order valence-electron chi connectivity index (χ2n) is 4.11. The van der Waals surface area contributed by atoms with Crippen LogP contribution in [0, 0.1) is 11.8 Å². The molecule has 2 N–H and O–H groups in total. The Kier molecular flexibility index (Phi) is 2.26. The molecule has 2 aromatic rings. The highest BCUT2D eigenvalue weighted by atomic mass is 16.3. The van der Waals surface area contributed by atoms with Crippen molar-refractivity contribution in [3.63, 3.8) is 0 Å². The third-order valence-electron chi connectivity index (χ3n) is 2.08. The van der Waals surface area contributed by atoms with Crippen LogP contribution in [-0.2, 0) is 0 Å². The van der Waals surface area contributed by atoms with E-state index in [9.17, 15) is 5.11 Å². The second kappa shape index (κ2) is 3.45. The van der Waals surface area contributed by atoms with Crippen molar-refractivity contribution >= 4 is 10.8 Å². The summed E-state index contributed by atoms with van der Waals surface area (Å²) in [6, 6.07) is 5.97. The first-order chi connectivity index (χ1) is 7.04. The number of aromatic amines is 1. The van der Waals surface area contributed by atoms with Gasteiger partial charge in [0.05, 0.1) is 0 Å². The zero-order valence-electron chi connectivity index (χ0n) is 8.83. The molecule has 0 atom stereocenters. The quantitative estimate of drug-likeness (QED) is 0.627. The molecule has 0 saturated heterocycles. The van der Waals surface area contributed by atoms with Gasteiger partial charge in [0.1, 0.15) is 5.60 Å². The van der Waals surface area contributed by atoms with Crippen LogP contribution in [0.4, 0.5) is 0 Å². The van der Waals surface area contributed by atoms with Crippen LogP contribution in [0.25, 0.3) is 10.8 Å². The highest BCUT2D eigenvalue weighted by Gasteiger charge is 2.05. The summed E-state index contributed by atoms with van der Waals surface area (Å²) in [5.41, 5.74) is -0.0168. The van der Waals surface area contributed by atoms with Crippen molar-refractivity contribution in [3.05, 3.63) is 36.2 Å². The zero-order valence-corrected chi connectivity index (χ0v) is 8.83. The predicted molar refractivity (Wildman–Crippen MR) is 61.5 cm³/mol. The first kappa shape index (κ1) is 9.82. The molecule has 0 amide bonds. The Bertz CT molecular complexity index is 535. The number of hydrogen-bond donors (Lipinski definition) is 2. The molecule has 2 nitrogen and oxygen atoms in total. The van der Waals surface area contributed by atoms with Gasteiger partial charge in [-0.2, -0.15) is 0 Å². The van der Waals surface area contributed by atoms with Crippen molar-refractivity contribution < 1.29 is 5.11 Å². The van der Waals surface area contributed by atoms with Gasteiger partial charge in [0.25, 0.3) is 0 Å². The monoisotopic (exact) mass is 199 g/mol. The molecule has 0 aliphatic rings. The van der Waals surface area contributed by atoms with E-state index in [0.29, 0.717) is 0 Å². The van der Waals surface area contributed by atoms with Gasteiger partial charge in [-0.1, -0.05) is 17.9 Å². The van der Waals surface area contributed by atoms with Crippen molar-refractivity contribution in [1.29, 1.82) is 0 Å². The molecule has 2 heteroatoms. The van der Waals surface area contributed by atoms with Gasteiger partial charge in [-0.25, -0.2) is 0 Å². The summed E-state index contributed by atoms with van der Waals surface area (Å²) in [6.07, 6.45) is 3.88. The largest absolute Gasteiger partial charge is 0.378 e. The van der Waals surface area contributed by atoms with E-state index >= 15 is 0 Å². The number of H-pyrrole nitrogens is 1. The molecule has 0 unspecified atom stereocenters. The molecule has 1 aromatic carbocycles. The van der Waals surface area contributed by atoms with Crippen LogP contribution < -0.4 is 0 Å². The first-order valence-electron chi connectivity index (χ1n) is 4.87. The van der Waals surface area contributed by atoms with Gasteiger partial charge in [-0.3, -0.25) is 0 Å². The Labute approximate surface area is 88.9 Å². The Hall–Kier alpha value is -1.72. The zero-order chi connectivity index (χ0) is 10.9. The number of aromatic nitrogens is 1. The number of rotatable bonds is 0. The van der Waals surface area contributed by atoms with Gasteiger partial charge < -0.3 is 10.1 Å². The summed E-state index contributed by atoms with van der Waals surface area (Å²) in [6.45, 7) is 3.35. The summed E-state index contributed by atoms with van der Waals surface area (Å²) in [7, 11) is 0. The molecule has 0 aliphatic carbocycles. The summed E-state index contributed by atoms with van der Waals surface area (Å²) in [4.78, 5) is 3.04. The lowest BCUT2D eigenvalue weighted by molar-refractivity contribution is 0.143. The van der Waals surface area contributed by atoms with Gasteiger partial charge in [-0.05, 0) is 31.4 Å². The molecule has 76 valence electrons. The van der Waals surface area contributed by atoms with E-state index in [1.165, 1.54) is 5.39 Å². The molecule has 2 rings (SSSR count).